The van der Waals surface area contributed by atoms with Crippen molar-refractivity contribution in [2.45, 2.75) is 0 Å². The molecule has 0 spiro atoms. The lowest BCUT2D eigenvalue weighted by atomic mass is 10.4. The summed E-state index contributed by atoms with van der Waals surface area (Å²) in [5.74, 6) is 0.451. The van der Waals surface area contributed by atoms with Crippen LogP contribution in [-0.2, 0) is 0 Å². The van der Waals surface area contributed by atoms with Gasteiger partial charge in [-0.25, -0.2) is 4.98 Å². The summed E-state index contributed by atoms with van der Waals surface area (Å²) in [4.78, 5) is 14.8. The Balaban J connectivity index is 1.98. The number of hydrazone groups is 1. The first-order valence-electron chi connectivity index (χ1n) is 4.80. The Morgan fingerprint density at radius 3 is 2.83 bits per heavy atom. The van der Waals surface area contributed by atoms with Crippen molar-refractivity contribution >= 4 is 45.0 Å². The standard InChI is InChI=1S/C10H7BrN4O2S/c11-9-3-2-8(18-9)6-13-14-10-4-1-7(5-12-10)15(16)17/h1-6H,(H,12,14). The average Bonchev–Trinajstić information content (AvgIpc) is 2.76. The second kappa shape index (κ2) is 5.69. The van der Waals surface area contributed by atoms with Gasteiger partial charge in [0.15, 0.2) is 0 Å². The zero-order valence-electron chi connectivity index (χ0n) is 8.91. The van der Waals surface area contributed by atoms with Gasteiger partial charge in [0.05, 0.1) is 14.9 Å². The van der Waals surface area contributed by atoms with Gasteiger partial charge in [0.1, 0.15) is 12.0 Å². The maximum absolute atomic E-state index is 10.4. The van der Waals surface area contributed by atoms with Gasteiger partial charge in [0.25, 0.3) is 5.69 Å². The average molecular weight is 327 g/mol. The molecule has 0 saturated carbocycles. The zero-order chi connectivity index (χ0) is 13.0. The minimum absolute atomic E-state index is 0.0493. The van der Waals surface area contributed by atoms with Crippen LogP contribution in [0.4, 0.5) is 11.5 Å². The molecule has 0 bridgehead atoms. The molecule has 0 aliphatic carbocycles. The normalized spacial score (nSPS) is 10.7. The van der Waals surface area contributed by atoms with Crippen molar-refractivity contribution in [1.29, 1.82) is 0 Å². The SMILES string of the molecule is O=[N+]([O-])c1ccc(NN=Cc2ccc(Br)s2)nc1. The lowest BCUT2D eigenvalue weighted by Gasteiger charge is -1.97. The molecule has 6 nitrogen and oxygen atoms in total. The quantitative estimate of drug-likeness (QED) is 0.531. The van der Waals surface area contributed by atoms with Crippen LogP contribution in [0.1, 0.15) is 4.88 Å². The smallest absolute Gasteiger partial charge is 0.261 e. The van der Waals surface area contributed by atoms with Gasteiger partial charge in [-0.05, 0) is 34.1 Å². The molecule has 0 aromatic carbocycles. The molecule has 0 aliphatic heterocycles. The van der Waals surface area contributed by atoms with Crippen LogP contribution < -0.4 is 5.43 Å². The van der Waals surface area contributed by atoms with Crippen molar-refractivity contribution in [3.05, 3.63) is 49.2 Å². The van der Waals surface area contributed by atoms with Crippen molar-refractivity contribution in [3.8, 4) is 0 Å². The monoisotopic (exact) mass is 326 g/mol. The van der Waals surface area contributed by atoms with Crippen molar-refractivity contribution in [2.75, 3.05) is 5.43 Å². The molecule has 2 aromatic rings. The zero-order valence-corrected chi connectivity index (χ0v) is 11.3. The predicted molar refractivity (Wildman–Crippen MR) is 74.1 cm³/mol. The highest BCUT2D eigenvalue weighted by atomic mass is 79.9. The fourth-order valence-corrected chi connectivity index (χ4v) is 2.42. The van der Waals surface area contributed by atoms with E-state index in [0.717, 1.165) is 8.66 Å². The molecule has 8 heteroatoms. The van der Waals surface area contributed by atoms with E-state index in [4.69, 9.17) is 0 Å². The van der Waals surface area contributed by atoms with Crippen molar-refractivity contribution in [3.63, 3.8) is 0 Å². The van der Waals surface area contributed by atoms with Gasteiger partial charge in [0, 0.05) is 10.9 Å². The molecule has 2 aromatic heterocycles. The summed E-state index contributed by atoms with van der Waals surface area (Å²) < 4.78 is 1.03. The number of halogens is 1. The molecule has 0 unspecified atom stereocenters. The Kier molecular flexibility index (Phi) is 4.00. The fourth-order valence-electron chi connectivity index (χ4n) is 1.12. The molecular formula is C10H7BrN4O2S. The lowest BCUT2D eigenvalue weighted by Crippen LogP contribution is -1.94. The number of thiophene rings is 1. The van der Waals surface area contributed by atoms with Crippen LogP contribution in [0.2, 0.25) is 0 Å². The topological polar surface area (TPSA) is 80.4 Å². The second-order valence-electron chi connectivity index (χ2n) is 3.17. The summed E-state index contributed by atoms with van der Waals surface area (Å²) >= 11 is 4.90. The number of rotatable bonds is 4. The summed E-state index contributed by atoms with van der Waals surface area (Å²) in [6.07, 6.45) is 2.83. The van der Waals surface area contributed by atoms with Gasteiger partial charge in [0.2, 0.25) is 0 Å². The third-order valence-corrected chi connectivity index (χ3v) is 3.48. The van der Waals surface area contributed by atoms with Crippen LogP contribution in [0.3, 0.4) is 0 Å². The van der Waals surface area contributed by atoms with E-state index in [1.54, 1.807) is 17.6 Å². The highest BCUT2D eigenvalue weighted by Gasteiger charge is 2.04. The third-order valence-electron chi connectivity index (χ3n) is 1.92. The number of anilines is 1. The van der Waals surface area contributed by atoms with Gasteiger partial charge in [-0.3, -0.25) is 15.5 Å². The van der Waals surface area contributed by atoms with Crippen LogP contribution in [0.5, 0.6) is 0 Å². The first-order chi connectivity index (χ1) is 8.65. The second-order valence-corrected chi connectivity index (χ2v) is 5.67. The van der Waals surface area contributed by atoms with Crippen molar-refractivity contribution in [1.82, 2.24) is 4.98 Å². The highest BCUT2D eigenvalue weighted by Crippen LogP contribution is 2.20. The van der Waals surface area contributed by atoms with E-state index >= 15 is 0 Å². The van der Waals surface area contributed by atoms with Crippen LogP contribution in [0, 0.1) is 10.1 Å². The highest BCUT2D eigenvalue weighted by molar-refractivity contribution is 9.11. The van der Waals surface area contributed by atoms with E-state index in [0.29, 0.717) is 5.82 Å². The van der Waals surface area contributed by atoms with Gasteiger partial charge < -0.3 is 0 Å². The van der Waals surface area contributed by atoms with E-state index < -0.39 is 4.92 Å². The number of hydrogen-bond donors (Lipinski definition) is 1. The Morgan fingerprint density at radius 1 is 1.44 bits per heavy atom. The molecule has 0 aliphatic rings. The number of aromatic nitrogens is 1. The summed E-state index contributed by atoms with van der Waals surface area (Å²) in [6.45, 7) is 0. The lowest BCUT2D eigenvalue weighted by molar-refractivity contribution is -0.385. The summed E-state index contributed by atoms with van der Waals surface area (Å²) in [5.41, 5.74) is 2.65. The van der Waals surface area contributed by atoms with Crippen molar-refractivity contribution < 1.29 is 4.92 Å². The summed E-state index contributed by atoms with van der Waals surface area (Å²) in [5, 5.41) is 14.4. The molecule has 0 atom stereocenters. The number of pyridine rings is 1. The first kappa shape index (κ1) is 12.7. The van der Waals surface area contributed by atoms with Crippen LogP contribution in [-0.4, -0.2) is 16.1 Å². The van der Waals surface area contributed by atoms with Gasteiger partial charge in [-0.2, -0.15) is 5.10 Å². The van der Waals surface area contributed by atoms with Gasteiger partial charge in [-0.15, -0.1) is 11.3 Å². The maximum Gasteiger partial charge on any atom is 0.287 e. The molecule has 92 valence electrons. The Labute approximate surface area is 115 Å². The largest absolute Gasteiger partial charge is 0.287 e. The fraction of sp³-hybridized carbons (Fsp3) is 0. The molecular weight excluding hydrogens is 320 g/mol. The van der Waals surface area contributed by atoms with Crippen LogP contribution in [0.25, 0.3) is 0 Å². The van der Waals surface area contributed by atoms with Gasteiger partial charge in [-0.1, -0.05) is 0 Å². The molecule has 0 radical (unpaired) electrons. The Morgan fingerprint density at radius 2 is 2.28 bits per heavy atom. The third kappa shape index (κ3) is 3.34. The summed E-state index contributed by atoms with van der Waals surface area (Å²) in [6, 6.07) is 6.71. The molecule has 18 heavy (non-hydrogen) atoms. The summed E-state index contributed by atoms with van der Waals surface area (Å²) in [7, 11) is 0. The number of nitrogens with zero attached hydrogens (tertiary/aromatic N) is 3. The van der Waals surface area contributed by atoms with Crippen molar-refractivity contribution in [2.24, 2.45) is 5.10 Å². The predicted octanol–water partition coefficient (Wildman–Crippen LogP) is 3.26. The number of hydrogen-bond acceptors (Lipinski definition) is 6. The van der Waals surface area contributed by atoms with E-state index in [2.05, 4.69) is 31.4 Å². The minimum atomic E-state index is -0.497. The number of nitro groups is 1. The van der Waals surface area contributed by atoms with E-state index in [1.807, 2.05) is 12.1 Å². The first-order valence-corrected chi connectivity index (χ1v) is 6.41. The van der Waals surface area contributed by atoms with Crippen LogP contribution >= 0.6 is 27.3 Å². The molecule has 0 amide bonds. The molecule has 0 fully saturated rings. The molecule has 1 N–H and O–H groups in total. The molecule has 0 saturated heterocycles. The minimum Gasteiger partial charge on any atom is -0.261 e. The Hall–Kier alpha value is -1.80. The molecule has 2 heterocycles. The van der Waals surface area contributed by atoms with E-state index in [9.17, 15) is 10.1 Å². The molecule has 2 rings (SSSR count). The van der Waals surface area contributed by atoms with E-state index in [1.165, 1.54) is 18.3 Å². The maximum atomic E-state index is 10.4. The number of nitrogens with one attached hydrogen (secondary N) is 1. The van der Waals surface area contributed by atoms with Crippen LogP contribution in [0.15, 0.2) is 39.4 Å². The van der Waals surface area contributed by atoms with E-state index in [-0.39, 0.29) is 5.69 Å². The Bertz CT molecular complexity index is 582. The van der Waals surface area contributed by atoms with Gasteiger partial charge >= 0.3 is 0 Å².